The summed E-state index contributed by atoms with van der Waals surface area (Å²) in [5.41, 5.74) is 9.67. The van der Waals surface area contributed by atoms with Crippen LogP contribution in [-0.2, 0) is 0 Å². The topological polar surface area (TPSA) is 61.6 Å². The van der Waals surface area contributed by atoms with Crippen molar-refractivity contribution in [3.63, 3.8) is 0 Å². The van der Waals surface area contributed by atoms with E-state index in [1.165, 1.54) is 11.3 Å². The Morgan fingerprint density at radius 2 is 2.06 bits per heavy atom. The smallest absolute Gasteiger partial charge is 0.171 e. The van der Waals surface area contributed by atoms with Gasteiger partial charge in [-0.2, -0.15) is 0 Å². The van der Waals surface area contributed by atoms with Gasteiger partial charge in [0, 0.05) is 33.1 Å². The van der Waals surface area contributed by atoms with E-state index in [1.807, 2.05) is 6.07 Å². The molecule has 0 radical (unpaired) electrons. The zero-order valence-electron chi connectivity index (χ0n) is 10.2. The maximum atomic E-state index is 11.3. The van der Waals surface area contributed by atoms with Crippen LogP contribution in [-0.4, -0.2) is 48.9 Å². The third-order valence-electron chi connectivity index (χ3n) is 2.85. The molecule has 6 heteroatoms. The molecule has 1 aliphatic heterocycles. The summed E-state index contributed by atoms with van der Waals surface area (Å²) in [7, 11) is 2.12. The number of piperazine rings is 1. The van der Waals surface area contributed by atoms with Crippen molar-refractivity contribution in [2.24, 2.45) is 0 Å². The van der Waals surface area contributed by atoms with Crippen LogP contribution in [0.2, 0.25) is 0 Å². The van der Waals surface area contributed by atoms with Gasteiger partial charge in [-0.05, 0) is 13.1 Å². The number of carbonyl (C=O) groups is 1. The van der Waals surface area contributed by atoms with Crippen LogP contribution in [0.25, 0.3) is 0 Å². The highest BCUT2D eigenvalue weighted by Crippen LogP contribution is 2.29. The maximum Gasteiger partial charge on any atom is 0.171 e. The summed E-state index contributed by atoms with van der Waals surface area (Å²) in [6.07, 6.45) is 0. The van der Waals surface area contributed by atoms with Crippen LogP contribution >= 0.6 is 11.3 Å². The quantitative estimate of drug-likeness (QED) is 0.791. The van der Waals surface area contributed by atoms with Crippen molar-refractivity contribution < 1.29 is 4.79 Å². The molecular weight excluding hydrogens is 236 g/mol. The van der Waals surface area contributed by atoms with Crippen molar-refractivity contribution in [2.75, 3.05) is 44.4 Å². The highest BCUT2D eigenvalue weighted by molar-refractivity contribution is 7.18. The van der Waals surface area contributed by atoms with Gasteiger partial charge in [-0.3, -0.25) is 4.79 Å². The molecule has 1 fully saturated rings. The summed E-state index contributed by atoms with van der Waals surface area (Å²) in [5.74, 6) is 0.0268. The zero-order valence-corrected chi connectivity index (χ0v) is 11.0. The first-order valence-electron chi connectivity index (χ1n) is 5.66. The molecule has 5 nitrogen and oxygen atoms in total. The predicted octanol–water partition coefficient (Wildman–Crippen LogP) is 1.11. The minimum atomic E-state index is 0.0268. The number of ketones is 1. The molecule has 0 aromatic carbocycles. The van der Waals surface area contributed by atoms with Gasteiger partial charge in [-0.15, -0.1) is 11.3 Å². The molecule has 2 rings (SSSR count). The second kappa shape index (κ2) is 5.03. The summed E-state index contributed by atoms with van der Waals surface area (Å²) in [4.78, 5) is 14.2. The molecular formula is C11H18N4OS. The first-order valence-corrected chi connectivity index (χ1v) is 6.48. The highest BCUT2D eigenvalue weighted by Gasteiger charge is 2.16. The lowest BCUT2D eigenvalue weighted by molar-refractivity contribution is 0.102. The van der Waals surface area contributed by atoms with E-state index in [0.717, 1.165) is 31.2 Å². The van der Waals surface area contributed by atoms with Gasteiger partial charge in [0.1, 0.15) is 5.00 Å². The van der Waals surface area contributed by atoms with Crippen molar-refractivity contribution >= 4 is 27.8 Å². The number of nitrogen functional groups attached to an aromatic ring is 1. The molecule has 94 valence electrons. The van der Waals surface area contributed by atoms with Crippen molar-refractivity contribution in [3.8, 4) is 0 Å². The fraction of sp³-hybridized carbons (Fsp3) is 0.545. The van der Waals surface area contributed by atoms with Crippen LogP contribution in [0, 0.1) is 0 Å². The SMILES string of the molecule is CC(=O)c1sc(NN2CCN(C)CC2)cc1N. The first kappa shape index (κ1) is 12.3. The van der Waals surface area contributed by atoms with Gasteiger partial charge in [-0.25, -0.2) is 5.01 Å². The lowest BCUT2D eigenvalue weighted by atomic mass is 10.3. The number of likely N-dealkylation sites (N-methyl/N-ethyl adjacent to an activating group) is 1. The standard InChI is InChI=1S/C11H18N4OS/c1-8(16)11-9(12)7-10(17-11)13-15-5-3-14(2)4-6-15/h7,13H,3-6,12H2,1-2H3. The van der Waals surface area contributed by atoms with Gasteiger partial charge in [0.25, 0.3) is 0 Å². The molecule has 0 amide bonds. The number of hydrazine groups is 1. The van der Waals surface area contributed by atoms with E-state index in [9.17, 15) is 4.79 Å². The Bertz CT molecular complexity index is 410. The largest absolute Gasteiger partial charge is 0.397 e. The van der Waals surface area contributed by atoms with Crippen LogP contribution in [0.4, 0.5) is 10.7 Å². The fourth-order valence-corrected chi connectivity index (χ4v) is 2.71. The minimum Gasteiger partial charge on any atom is -0.397 e. The molecule has 3 N–H and O–H groups in total. The lowest BCUT2D eigenvalue weighted by Crippen LogP contribution is -2.46. The third kappa shape index (κ3) is 2.96. The molecule has 0 atom stereocenters. The molecule has 0 aliphatic carbocycles. The highest BCUT2D eigenvalue weighted by atomic mass is 32.1. The zero-order chi connectivity index (χ0) is 12.4. The molecule has 0 saturated carbocycles. The summed E-state index contributed by atoms with van der Waals surface area (Å²) >= 11 is 1.42. The molecule has 17 heavy (non-hydrogen) atoms. The van der Waals surface area contributed by atoms with Crippen molar-refractivity contribution in [1.29, 1.82) is 0 Å². The number of thiophene rings is 1. The summed E-state index contributed by atoms with van der Waals surface area (Å²) < 4.78 is 0. The molecule has 1 aromatic rings. The Hall–Kier alpha value is -1.11. The Morgan fingerprint density at radius 3 is 2.59 bits per heavy atom. The van der Waals surface area contributed by atoms with Crippen molar-refractivity contribution in [2.45, 2.75) is 6.92 Å². The van der Waals surface area contributed by atoms with Crippen LogP contribution < -0.4 is 11.2 Å². The Morgan fingerprint density at radius 1 is 1.41 bits per heavy atom. The first-order chi connectivity index (χ1) is 8.06. The molecule has 2 heterocycles. The van der Waals surface area contributed by atoms with Crippen LogP contribution in [0.1, 0.15) is 16.6 Å². The van der Waals surface area contributed by atoms with E-state index in [1.54, 1.807) is 6.92 Å². The monoisotopic (exact) mass is 254 g/mol. The third-order valence-corrected chi connectivity index (χ3v) is 4.01. The van der Waals surface area contributed by atoms with Gasteiger partial charge < -0.3 is 16.1 Å². The van der Waals surface area contributed by atoms with E-state index in [2.05, 4.69) is 22.4 Å². The molecule has 1 aromatic heterocycles. The normalized spacial score (nSPS) is 18.2. The number of nitrogens with two attached hydrogens (primary N) is 1. The molecule has 1 saturated heterocycles. The second-order valence-corrected chi connectivity index (χ2v) is 5.41. The number of nitrogens with one attached hydrogen (secondary N) is 1. The van der Waals surface area contributed by atoms with Gasteiger partial charge in [-0.1, -0.05) is 0 Å². The summed E-state index contributed by atoms with van der Waals surface area (Å²) in [6, 6.07) is 1.83. The Balaban J connectivity index is 1.99. The van der Waals surface area contributed by atoms with Crippen LogP contribution in [0.15, 0.2) is 6.07 Å². The van der Waals surface area contributed by atoms with E-state index < -0.39 is 0 Å². The van der Waals surface area contributed by atoms with Gasteiger partial charge >= 0.3 is 0 Å². The predicted molar refractivity (Wildman–Crippen MR) is 71.4 cm³/mol. The number of anilines is 2. The number of carbonyl (C=O) groups excluding carboxylic acids is 1. The summed E-state index contributed by atoms with van der Waals surface area (Å²) in [6.45, 7) is 5.59. The van der Waals surface area contributed by atoms with E-state index in [4.69, 9.17) is 5.73 Å². The van der Waals surface area contributed by atoms with Crippen molar-refractivity contribution in [1.82, 2.24) is 9.91 Å². The number of Topliss-reactive ketones (excluding diaryl/α,β-unsaturated/α-hetero) is 1. The van der Waals surface area contributed by atoms with Crippen LogP contribution in [0.5, 0.6) is 0 Å². The Kier molecular flexibility index (Phi) is 3.66. The number of hydrogen-bond donors (Lipinski definition) is 2. The molecule has 1 aliphatic rings. The molecule has 0 unspecified atom stereocenters. The number of nitrogens with zero attached hydrogens (tertiary/aromatic N) is 2. The van der Waals surface area contributed by atoms with Crippen LogP contribution in [0.3, 0.4) is 0 Å². The van der Waals surface area contributed by atoms with Gasteiger partial charge in [0.05, 0.1) is 10.6 Å². The lowest BCUT2D eigenvalue weighted by Gasteiger charge is -2.32. The number of rotatable bonds is 3. The van der Waals surface area contributed by atoms with E-state index in [0.29, 0.717) is 10.6 Å². The minimum absolute atomic E-state index is 0.0268. The average Bonchev–Trinajstić information content (AvgIpc) is 2.63. The van der Waals surface area contributed by atoms with Crippen molar-refractivity contribution in [3.05, 3.63) is 10.9 Å². The molecule has 0 bridgehead atoms. The average molecular weight is 254 g/mol. The Labute approximate surface area is 105 Å². The second-order valence-electron chi connectivity index (χ2n) is 4.35. The fourth-order valence-electron chi connectivity index (χ4n) is 1.81. The van der Waals surface area contributed by atoms with Gasteiger partial charge in [0.15, 0.2) is 5.78 Å². The summed E-state index contributed by atoms with van der Waals surface area (Å²) in [5, 5.41) is 3.10. The van der Waals surface area contributed by atoms with E-state index in [-0.39, 0.29) is 5.78 Å². The maximum absolute atomic E-state index is 11.3. The van der Waals surface area contributed by atoms with Gasteiger partial charge in [0.2, 0.25) is 0 Å². The van der Waals surface area contributed by atoms with E-state index >= 15 is 0 Å². The molecule has 0 spiro atoms. The number of hydrogen-bond acceptors (Lipinski definition) is 6.